The largest absolute Gasteiger partial charge is 0.314 e. The van der Waals surface area contributed by atoms with E-state index in [4.69, 9.17) is 0 Å². The molecule has 1 saturated heterocycles. The van der Waals surface area contributed by atoms with Crippen LogP contribution < -0.4 is 5.32 Å². The average molecular weight is 252 g/mol. The lowest BCUT2D eigenvalue weighted by atomic mass is 10.1. The highest BCUT2D eigenvalue weighted by molar-refractivity contribution is 4.89. The van der Waals surface area contributed by atoms with Crippen LogP contribution >= 0.6 is 0 Å². The number of nitrogens with zero attached hydrogens (tertiary/aromatic N) is 5. The van der Waals surface area contributed by atoms with Gasteiger partial charge in [-0.05, 0) is 29.8 Å². The maximum absolute atomic E-state index is 4.17. The van der Waals surface area contributed by atoms with E-state index in [1.54, 1.807) is 0 Å². The molecule has 1 aliphatic heterocycles. The van der Waals surface area contributed by atoms with Gasteiger partial charge in [0.25, 0.3) is 0 Å². The normalized spacial score (nSPS) is 16.2. The standard InChI is InChI=1S/C12H24N6/c1-3-5-7-18-12(14-15-16-18)10-17(6-4-2)11-8-13-9-11/h11,13H,3-10H2,1-2H3. The quantitative estimate of drug-likeness (QED) is 0.736. The molecule has 18 heavy (non-hydrogen) atoms. The van der Waals surface area contributed by atoms with Crippen molar-refractivity contribution in [1.82, 2.24) is 30.4 Å². The van der Waals surface area contributed by atoms with E-state index < -0.39 is 0 Å². The third kappa shape index (κ3) is 3.26. The monoisotopic (exact) mass is 252 g/mol. The van der Waals surface area contributed by atoms with Gasteiger partial charge in [-0.3, -0.25) is 4.90 Å². The second kappa shape index (κ2) is 6.80. The zero-order valence-corrected chi connectivity index (χ0v) is 11.5. The molecule has 0 spiro atoms. The second-order valence-corrected chi connectivity index (χ2v) is 4.95. The molecular weight excluding hydrogens is 228 g/mol. The lowest BCUT2D eigenvalue weighted by molar-refractivity contribution is 0.132. The van der Waals surface area contributed by atoms with E-state index in [2.05, 4.69) is 39.6 Å². The van der Waals surface area contributed by atoms with E-state index in [-0.39, 0.29) is 0 Å². The van der Waals surface area contributed by atoms with Crippen molar-refractivity contribution < 1.29 is 0 Å². The lowest BCUT2D eigenvalue weighted by Crippen LogP contribution is -2.57. The predicted octanol–water partition coefficient (Wildman–Crippen LogP) is 0.657. The Balaban J connectivity index is 1.94. The van der Waals surface area contributed by atoms with Crippen molar-refractivity contribution in [1.29, 1.82) is 0 Å². The fraction of sp³-hybridized carbons (Fsp3) is 0.917. The number of nitrogens with one attached hydrogen (secondary N) is 1. The van der Waals surface area contributed by atoms with Crippen LogP contribution in [0.25, 0.3) is 0 Å². The summed E-state index contributed by atoms with van der Waals surface area (Å²) in [5, 5.41) is 15.4. The minimum Gasteiger partial charge on any atom is -0.314 e. The molecule has 102 valence electrons. The van der Waals surface area contributed by atoms with Crippen LogP contribution in [-0.2, 0) is 13.1 Å². The van der Waals surface area contributed by atoms with Crippen LogP contribution in [0.5, 0.6) is 0 Å². The average Bonchev–Trinajstić information content (AvgIpc) is 2.72. The van der Waals surface area contributed by atoms with Crippen molar-refractivity contribution >= 4 is 0 Å². The van der Waals surface area contributed by atoms with E-state index in [1.165, 1.54) is 12.8 Å². The van der Waals surface area contributed by atoms with Crippen LogP contribution in [0.3, 0.4) is 0 Å². The first-order valence-corrected chi connectivity index (χ1v) is 7.05. The third-order valence-corrected chi connectivity index (χ3v) is 3.46. The number of aromatic nitrogens is 4. The highest BCUT2D eigenvalue weighted by Crippen LogP contribution is 2.10. The number of unbranched alkanes of at least 4 members (excludes halogenated alkanes) is 1. The molecule has 1 aromatic rings. The fourth-order valence-corrected chi connectivity index (χ4v) is 2.21. The zero-order chi connectivity index (χ0) is 12.8. The van der Waals surface area contributed by atoms with Gasteiger partial charge < -0.3 is 5.32 Å². The van der Waals surface area contributed by atoms with Crippen LogP contribution in [0, 0.1) is 0 Å². The number of hydrogen-bond donors (Lipinski definition) is 1. The molecule has 6 nitrogen and oxygen atoms in total. The van der Waals surface area contributed by atoms with Crippen molar-refractivity contribution in [2.75, 3.05) is 19.6 Å². The molecule has 0 amide bonds. The Labute approximate surface area is 109 Å². The lowest BCUT2D eigenvalue weighted by Gasteiger charge is -2.37. The molecule has 0 aliphatic carbocycles. The van der Waals surface area contributed by atoms with Gasteiger partial charge in [0.05, 0.1) is 6.54 Å². The maximum Gasteiger partial charge on any atom is 0.165 e. The van der Waals surface area contributed by atoms with Crippen LogP contribution in [0.4, 0.5) is 0 Å². The Morgan fingerprint density at radius 3 is 2.78 bits per heavy atom. The molecule has 0 radical (unpaired) electrons. The molecule has 2 heterocycles. The highest BCUT2D eigenvalue weighted by Gasteiger charge is 2.25. The maximum atomic E-state index is 4.17. The fourth-order valence-electron chi connectivity index (χ4n) is 2.21. The summed E-state index contributed by atoms with van der Waals surface area (Å²) in [5.41, 5.74) is 0. The molecule has 2 rings (SSSR count). The van der Waals surface area contributed by atoms with Crippen molar-refractivity contribution in [2.24, 2.45) is 0 Å². The molecule has 1 fully saturated rings. The van der Waals surface area contributed by atoms with Gasteiger partial charge >= 0.3 is 0 Å². The van der Waals surface area contributed by atoms with Crippen molar-refractivity contribution in [3.8, 4) is 0 Å². The van der Waals surface area contributed by atoms with Crippen molar-refractivity contribution in [2.45, 2.75) is 52.2 Å². The first kappa shape index (κ1) is 13.4. The van der Waals surface area contributed by atoms with E-state index in [0.717, 1.165) is 45.0 Å². The van der Waals surface area contributed by atoms with Gasteiger partial charge in [-0.15, -0.1) is 5.10 Å². The Bertz CT molecular complexity index is 346. The topological polar surface area (TPSA) is 58.9 Å². The van der Waals surface area contributed by atoms with Gasteiger partial charge in [0.15, 0.2) is 5.82 Å². The molecule has 1 aromatic heterocycles. The van der Waals surface area contributed by atoms with Gasteiger partial charge in [-0.1, -0.05) is 20.3 Å². The molecule has 1 N–H and O–H groups in total. The van der Waals surface area contributed by atoms with Gasteiger partial charge in [0.2, 0.25) is 0 Å². The minimum atomic E-state index is 0.654. The summed E-state index contributed by atoms with van der Waals surface area (Å²) < 4.78 is 1.96. The number of tetrazole rings is 1. The Kier molecular flexibility index (Phi) is 5.07. The summed E-state index contributed by atoms with van der Waals surface area (Å²) in [4.78, 5) is 2.49. The number of aryl methyl sites for hydroxylation is 1. The van der Waals surface area contributed by atoms with Crippen LogP contribution in [0.15, 0.2) is 0 Å². The van der Waals surface area contributed by atoms with E-state index in [1.807, 2.05) is 4.68 Å². The summed E-state index contributed by atoms with van der Waals surface area (Å²) in [5.74, 6) is 1.00. The predicted molar refractivity (Wildman–Crippen MR) is 70.1 cm³/mol. The van der Waals surface area contributed by atoms with E-state index in [9.17, 15) is 0 Å². The summed E-state index contributed by atoms with van der Waals surface area (Å²) in [6.45, 7) is 9.52. The van der Waals surface area contributed by atoms with Gasteiger partial charge in [0.1, 0.15) is 0 Å². The van der Waals surface area contributed by atoms with Gasteiger partial charge in [0, 0.05) is 25.7 Å². The molecule has 0 bridgehead atoms. The molecule has 0 saturated carbocycles. The number of hydrogen-bond acceptors (Lipinski definition) is 5. The first-order valence-electron chi connectivity index (χ1n) is 7.05. The summed E-state index contributed by atoms with van der Waals surface area (Å²) in [7, 11) is 0. The molecule has 0 aromatic carbocycles. The smallest absolute Gasteiger partial charge is 0.165 e. The molecule has 1 aliphatic rings. The summed E-state index contributed by atoms with van der Waals surface area (Å²) >= 11 is 0. The zero-order valence-electron chi connectivity index (χ0n) is 11.5. The third-order valence-electron chi connectivity index (χ3n) is 3.46. The van der Waals surface area contributed by atoms with Crippen LogP contribution in [-0.4, -0.2) is 50.8 Å². The van der Waals surface area contributed by atoms with Crippen molar-refractivity contribution in [3.63, 3.8) is 0 Å². The van der Waals surface area contributed by atoms with Gasteiger partial charge in [-0.25, -0.2) is 4.68 Å². The summed E-state index contributed by atoms with van der Waals surface area (Å²) in [6, 6.07) is 0.654. The van der Waals surface area contributed by atoms with Crippen LogP contribution in [0.2, 0.25) is 0 Å². The van der Waals surface area contributed by atoms with E-state index in [0.29, 0.717) is 6.04 Å². The molecule has 0 unspecified atom stereocenters. The molecular formula is C12H24N6. The Morgan fingerprint density at radius 2 is 2.17 bits per heavy atom. The summed E-state index contributed by atoms with van der Waals surface area (Å²) in [6.07, 6.45) is 3.48. The van der Waals surface area contributed by atoms with Gasteiger partial charge in [-0.2, -0.15) is 0 Å². The first-order chi connectivity index (χ1) is 8.85. The highest BCUT2D eigenvalue weighted by atomic mass is 15.5. The molecule has 6 heteroatoms. The second-order valence-electron chi connectivity index (χ2n) is 4.95. The van der Waals surface area contributed by atoms with Crippen molar-refractivity contribution in [3.05, 3.63) is 5.82 Å². The minimum absolute atomic E-state index is 0.654. The number of rotatable bonds is 8. The Morgan fingerprint density at radius 1 is 1.33 bits per heavy atom. The molecule has 0 atom stereocenters. The SMILES string of the molecule is CCCCn1nnnc1CN(CCC)C1CNC1. The van der Waals surface area contributed by atoms with Crippen LogP contribution in [0.1, 0.15) is 38.9 Å². The Hall–Kier alpha value is -1.01. The van der Waals surface area contributed by atoms with E-state index >= 15 is 0 Å².